The monoisotopic (exact) mass is 474 g/mol. The number of aliphatic carboxylic acids is 1. The van der Waals surface area contributed by atoms with Crippen LogP contribution in [0.4, 0.5) is 0 Å². The lowest BCUT2D eigenvalue weighted by atomic mass is 9.95. The number of nitrogens with one attached hydrogen (secondary N) is 1. The van der Waals surface area contributed by atoms with Gasteiger partial charge in [0.1, 0.15) is 4.90 Å². The fraction of sp³-hybridized carbons (Fsp3) is 0.375. The van der Waals surface area contributed by atoms with Gasteiger partial charge in [0, 0.05) is 23.5 Å². The van der Waals surface area contributed by atoms with E-state index in [1.54, 1.807) is 22.5 Å². The molecule has 1 aromatic heterocycles. The number of benzene rings is 2. The summed E-state index contributed by atoms with van der Waals surface area (Å²) < 4.78 is 28.8. The molecule has 0 spiro atoms. The molecule has 2 N–H and O–H groups in total. The Morgan fingerprint density at radius 3 is 2.56 bits per heavy atom. The molecule has 0 saturated heterocycles. The number of aromatic amines is 1. The SMILES string of the molecule is CCN(C1CCCCC1)S(=O)(=O)c1cc(-c2[nH]c3ccccc3c2CC(=O)O)ccc1Cl. The van der Waals surface area contributed by atoms with Crippen LogP contribution in [-0.2, 0) is 21.2 Å². The third-order valence-corrected chi connectivity index (χ3v) is 8.75. The molecule has 4 rings (SSSR count). The Kier molecular flexibility index (Phi) is 6.60. The van der Waals surface area contributed by atoms with Gasteiger partial charge in [0.25, 0.3) is 0 Å². The predicted octanol–water partition coefficient (Wildman–Crippen LogP) is 5.46. The van der Waals surface area contributed by atoms with Gasteiger partial charge in [0.05, 0.1) is 17.1 Å². The van der Waals surface area contributed by atoms with Gasteiger partial charge in [-0.15, -0.1) is 0 Å². The summed E-state index contributed by atoms with van der Waals surface area (Å²) in [5.74, 6) is -0.952. The number of fused-ring (bicyclic) bond motifs is 1. The van der Waals surface area contributed by atoms with Crippen LogP contribution in [0.2, 0.25) is 5.02 Å². The average Bonchev–Trinajstić information content (AvgIpc) is 3.13. The Hall–Kier alpha value is -2.35. The van der Waals surface area contributed by atoms with Crippen LogP contribution in [0.15, 0.2) is 47.4 Å². The van der Waals surface area contributed by atoms with Crippen molar-refractivity contribution in [2.75, 3.05) is 6.54 Å². The Bertz CT molecular complexity index is 1250. The number of carbonyl (C=O) groups is 1. The maximum absolute atomic E-state index is 13.6. The molecule has 0 aliphatic heterocycles. The normalized spacial score (nSPS) is 15.5. The highest BCUT2D eigenvalue weighted by atomic mass is 35.5. The van der Waals surface area contributed by atoms with Crippen molar-refractivity contribution < 1.29 is 18.3 Å². The van der Waals surface area contributed by atoms with Crippen LogP contribution in [0.3, 0.4) is 0 Å². The average molecular weight is 475 g/mol. The van der Waals surface area contributed by atoms with Crippen molar-refractivity contribution in [3.63, 3.8) is 0 Å². The van der Waals surface area contributed by atoms with Gasteiger partial charge in [-0.05, 0) is 42.2 Å². The zero-order chi connectivity index (χ0) is 22.9. The van der Waals surface area contributed by atoms with E-state index >= 15 is 0 Å². The van der Waals surface area contributed by atoms with Crippen molar-refractivity contribution in [1.29, 1.82) is 0 Å². The highest BCUT2D eigenvalue weighted by molar-refractivity contribution is 7.89. The number of para-hydroxylation sites is 1. The van der Waals surface area contributed by atoms with E-state index in [-0.39, 0.29) is 22.4 Å². The molecule has 2 aromatic carbocycles. The molecule has 0 unspecified atom stereocenters. The smallest absolute Gasteiger partial charge is 0.307 e. The molecule has 1 saturated carbocycles. The predicted molar refractivity (Wildman–Crippen MR) is 127 cm³/mol. The maximum Gasteiger partial charge on any atom is 0.307 e. The van der Waals surface area contributed by atoms with Crippen LogP contribution in [0, 0.1) is 0 Å². The first-order valence-electron chi connectivity index (χ1n) is 11.0. The van der Waals surface area contributed by atoms with E-state index in [0.717, 1.165) is 43.0 Å². The van der Waals surface area contributed by atoms with E-state index in [1.807, 2.05) is 31.2 Å². The Morgan fingerprint density at radius 1 is 1.16 bits per heavy atom. The van der Waals surface area contributed by atoms with E-state index in [0.29, 0.717) is 23.4 Å². The number of H-pyrrole nitrogens is 1. The number of aromatic nitrogens is 1. The molecule has 0 atom stereocenters. The molecule has 0 bridgehead atoms. The number of carboxylic acids is 1. The number of nitrogens with zero attached hydrogens (tertiary/aromatic N) is 1. The van der Waals surface area contributed by atoms with Crippen LogP contribution >= 0.6 is 11.6 Å². The molecule has 1 fully saturated rings. The largest absolute Gasteiger partial charge is 0.481 e. The second-order valence-corrected chi connectivity index (χ2v) is 10.5. The molecular formula is C24H27ClN2O4S. The molecule has 1 aliphatic carbocycles. The van der Waals surface area contributed by atoms with Crippen molar-refractivity contribution in [1.82, 2.24) is 9.29 Å². The van der Waals surface area contributed by atoms with Gasteiger partial charge in [-0.25, -0.2) is 8.42 Å². The van der Waals surface area contributed by atoms with Crippen LogP contribution in [0.25, 0.3) is 22.2 Å². The molecule has 1 heterocycles. The van der Waals surface area contributed by atoms with Crippen LogP contribution in [0.1, 0.15) is 44.6 Å². The van der Waals surface area contributed by atoms with Crippen LogP contribution in [-0.4, -0.2) is 41.4 Å². The van der Waals surface area contributed by atoms with E-state index in [4.69, 9.17) is 11.6 Å². The van der Waals surface area contributed by atoms with Gasteiger partial charge in [-0.3, -0.25) is 4.79 Å². The summed E-state index contributed by atoms with van der Waals surface area (Å²) in [4.78, 5) is 14.9. The fourth-order valence-electron chi connectivity index (χ4n) is 4.76. The number of carboxylic acid groups (broad SMARTS) is 1. The van der Waals surface area contributed by atoms with Crippen molar-refractivity contribution >= 4 is 38.5 Å². The molecule has 6 nitrogen and oxygen atoms in total. The van der Waals surface area contributed by atoms with Crippen LogP contribution < -0.4 is 0 Å². The first-order chi connectivity index (χ1) is 15.3. The van der Waals surface area contributed by atoms with Crippen molar-refractivity contribution in [2.45, 2.75) is 56.4 Å². The zero-order valence-electron chi connectivity index (χ0n) is 18.0. The molecule has 0 amide bonds. The van der Waals surface area contributed by atoms with E-state index in [2.05, 4.69) is 4.98 Å². The standard InChI is InChI=1S/C24H27ClN2O4S/c1-2-27(17-8-4-3-5-9-17)32(30,31)22-14-16(12-13-20(22)25)24-19(15-23(28)29)18-10-6-7-11-21(18)26-24/h6-7,10-14,17,26H,2-5,8-9,15H2,1H3,(H,28,29). The lowest BCUT2D eigenvalue weighted by molar-refractivity contribution is -0.136. The van der Waals surface area contributed by atoms with Gasteiger partial charge < -0.3 is 10.1 Å². The van der Waals surface area contributed by atoms with Gasteiger partial charge in [0.15, 0.2) is 0 Å². The maximum atomic E-state index is 13.6. The number of hydrogen-bond acceptors (Lipinski definition) is 3. The van der Waals surface area contributed by atoms with Gasteiger partial charge in [-0.1, -0.05) is 62.1 Å². The minimum absolute atomic E-state index is 0.0193. The second kappa shape index (κ2) is 9.25. The Labute approximate surface area is 193 Å². The Balaban J connectivity index is 1.82. The van der Waals surface area contributed by atoms with Crippen molar-refractivity contribution in [3.8, 4) is 11.3 Å². The Morgan fingerprint density at radius 2 is 1.88 bits per heavy atom. The number of halogens is 1. The summed E-state index contributed by atoms with van der Waals surface area (Å²) in [5, 5.41) is 10.4. The lowest BCUT2D eigenvalue weighted by Gasteiger charge is -2.32. The molecular weight excluding hydrogens is 448 g/mol. The summed E-state index contributed by atoms with van der Waals surface area (Å²) in [5.41, 5.74) is 2.62. The third kappa shape index (κ3) is 4.29. The molecule has 170 valence electrons. The summed E-state index contributed by atoms with van der Waals surface area (Å²) in [7, 11) is -3.81. The number of rotatable bonds is 7. The topological polar surface area (TPSA) is 90.5 Å². The summed E-state index contributed by atoms with van der Waals surface area (Å²) in [6.45, 7) is 2.23. The molecule has 32 heavy (non-hydrogen) atoms. The second-order valence-electron chi connectivity index (χ2n) is 8.24. The van der Waals surface area contributed by atoms with Gasteiger partial charge in [0.2, 0.25) is 10.0 Å². The summed E-state index contributed by atoms with van der Waals surface area (Å²) >= 11 is 6.40. The first-order valence-corrected chi connectivity index (χ1v) is 12.8. The molecule has 0 radical (unpaired) electrons. The zero-order valence-corrected chi connectivity index (χ0v) is 19.5. The lowest BCUT2D eigenvalue weighted by Crippen LogP contribution is -2.41. The van der Waals surface area contributed by atoms with E-state index in [1.165, 1.54) is 0 Å². The van der Waals surface area contributed by atoms with E-state index < -0.39 is 16.0 Å². The summed E-state index contributed by atoms with van der Waals surface area (Å²) in [6.07, 6.45) is 4.73. The van der Waals surface area contributed by atoms with E-state index in [9.17, 15) is 18.3 Å². The highest BCUT2D eigenvalue weighted by Gasteiger charge is 2.33. The highest BCUT2D eigenvalue weighted by Crippen LogP contribution is 2.36. The van der Waals surface area contributed by atoms with Crippen molar-refractivity contribution in [2.24, 2.45) is 0 Å². The summed E-state index contributed by atoms with van der Waals surface area (Å²) in [6, 6.07) is 12.3. The quantitative estimate of drug-likeness (QED) is 0.475. The first kappa shape index (κ1) is 22.8. The van der Waals surface area contributed by atoms with Gasteiger partial charge in [-0.2, -0.15) is 4.31 Å². The van der Waals surface area contributed by atoms with Crippen molar-refractivity contribution in [3.05, 3.63) is 53.1 Å². The molecule has 8 heteroatoms. The van der Waals surface area contributed by atoms with Crippen LogP contribution in [0.5, 0.6) is 0 Å². The fourth-order valence-corrected chi connectivity index (χ4v) is 6.95. The third-order valence-electron chi connectivity index (χ3n) is 6.24. The number of hydrogen-bond donors (Lipinski definition) is 2. The molecule has 1 aliphatic rings. The van der Waals surface area contributed by atoms with Gasteiger partial charge >= 0.3 is 5.97 Å². The number of sulfonamides is 1. The molecule has 3 aromatic rings. The minimum Gasteiger partial charge on any atom is -0.481 e. The minimum atomic E-state index is -3.81.